The lowest BCUT2D eigenvalue weighted by Gasteiger charge is -2.16. The van der Waals surface area contributed by atoms with Crippen LogP contribution in [0, 0.1) is 5.92 Å². The number of fused-ring (bicyclic) bond motifs is 1. The first-order valence-electron chi connectivity index (χ1n) is 8.17. The Hall–Kier alpha value is -1.95. The summed E-state index contributed by atoms with van der Waals surface area (Å²) in [7, 11) is -4.66. The van der Waals surface area contributed by atoms with E-state index in [0.29, 0.717) is 11.2 Å². The predicted octanol–water partition coefficient (Wildman–Crippen LogP) is 0.178. The third-order valence-corrected chi connectivity index (χ3v) is 4.53. The Morgan fingerprint density at radius 3 is 2.85 bits per heavy atom. The number of phosphoric ester groups is 1. The Morgan fingerprint density at radius 2 is 2.19 bits per heavy atom. The van der Waals surface area contributed by atoms with Crippen LogP contribution in [-0.2, 0) is 18.6 Å². The summed E-state index contributed by atoms with van der Waals surface area (Å²) < 4.78 is 22.4. The molecular weight excluding hydrogens is 381 g/mol. The van der Waals surface area contributed by atoms with E-state index >= 15 is 0 Å². The second-order valence-corrected chi connectivity index (χ2v) is 7.65. The summed E-state index contributed by atoms with van der Waals surface area (Å²) in [6.45, 7) is 3.04. The van der Waals surface area contributed by atoms with Gasteiger partial charge in [-0.3, -0.25) is 13.9 Å². The smallest absolute Gasteiger partial charge is 0.390 e. The van der Waals surface area contributed by atoms with E-state index in [9.17, 15) is 14.5 Å². The Labute approximate surface area is 153 Å². The average Bonchev–Trinajstić information content (AvgIpc) is 3.16. The van der Waals surface area contributed by atoms with Gasteiger partial charge in [-0.1, -0.05) is 13.8 Å². The van der Waals surface area contributed by atoms with Crippen LogP contribution >= 0.6 is 7.82 Å². The first-order chi connectivity index (χ1) is 12.7. The van der Waals surface area contributed by atoms with Crippen LogP contribution in [0.25, 0.3) is 11.2 Å². The second kappa shape index (κ2) is 7.58. The van der Waals surface area contributed by atoms with E-state index in [1.807, 2.05) is 0 Å². The van der Waals surface area contributed by atoms with Crippen LogP contribution < -0.4 is 5.32 Å². The van der Waals surface area contributed by atoms with E-state index in [1.165, 1.54) is 12.7 Å². The maximum absolute atomic E-state index is 11.9. The van der Waals surface area contributed by atoms with E-state index in [0.717, 1.165) is 0 Å². The molecule has 0 saturated carbocycles. The van der Waals surface area contributed by atoms with Crippen molar-refractivity contribution >= 4 is 30.7 Å². The number of anilines is 1. The molecule has 0 spiro atoms. The standard InChI is InChI=1S/C14H20N5O7P/c1-7(2)14(21)18-12-11-13(16-5-15-12)19(6-17-11)10-3-8(20)9(26-10)4-25-27(22,23)24/h5-10,20H,3-4H2,1-2H3,(H2,22,23,24)(H,15,16,18,21)/t8-,9+,10+/m0/s1. The molecule has 4 N–H and O–H groups in total. The average molecular weight is 401 g/mol. The Morgan fingerprint density at radius 1 is 1.44 bits per heavy atom. The van der Waals surface area contributed by atoms with Crippen molar-refractivity contribution in [3.63, 3.8) is 0 Å². The van der Waals surface area contributed by atoms with Crippen molar-refractivity contribution in [2.75, 3.05) is 11.9 Å². The number of hydrogen-bond acceptors (Lipinski definition) is 8. The molecule has 12 nitrogen and oxygen atoms in total. The number of amides is 1. The molecule has 1 aliphatic rings. The van der Waals surface area contributed by atoms with Gasteiger partial charge in [-0.2, -0.15) is 0 Å². The molecular formula is C14H20N5O7P. The summed E-state index contributed by atoms with van der Waals surface area (Å²) in [6.07, 6.45) is 0.296. The van der Waals surface area contributed by atoms with Crippen molar-refractivity contribution in [2.24, 2.45) is 5.92 Å². The Bertz CT molecular complexity index is 882. The molecule has 3 atom stereocenters. The summed E-state index contributed by atoms with van der Waals surface area (Å²) >= 11 is 0. The highest BCUT2D eigenvalue weighted by molar-refractivity contribution is 7.46. The number of imidazole rings is 1. The van der Waals surface area contributed by atoms with E-state index in [4.69, 9.17) is 14.5 Å². The molecule has 1 saturated heterocycles. The molecule has 0 unspecified atom stereocenters. The monoisotopic (exact) mass is 401 g/mol. The van der Waals surface area contributed by atoms with Gasteiger partial charge in [-0.05, 0) is 0 Å². The Kier molecular flexibility index (Phi) is 5.56. The number of aliphatic hydroxyl groups excluding tert-OH is 1. The highest BCUT2D eigenvalue weighted by Gasteiger charge is 2.37. The number of nitrogens with one attached hydrogen (secondary N) is 1. The van der Waals surface area contributed by atoms with Crippen LogP contribution in [0.4, 0.5) is 5.82 Å². The number of nitrogens with zero attached hydrogens (tertiary/aromatic N) is 4. The van der Waals surface area contributed by atoms with Crippen molar-refractivity contribution in [3.8, 4) is 0 Å². The number of aromatic nitrogens is 4. The zero-order valence-corrected chi connectivity index (χ0v) is 15.5. The third kappa shape index (κ3) is 4.49. The first-order valence-corrected chi connectivity index (χ1v) is 9.70. The van der Waals surface area contributed by atoms with Gasteiger partial charge >= 0.3 is 7.82 Å². The number of phosphoric acid groups is 1. The van der Waals surface area contributed by atoms with Crippen LogP contribution in [-0.4, -0.2) is 59.1 Å². The molecule has 1 aliphatic heterocycles. The minimum atomic E-state index is -4.66. The van der Waals surface area contributed by atoms with E-state index in [-0.39, 0.29) is 24.1 Å². The van der Waals surface area contributed by atoms with Gasteiger partial charge in [-0.15, -0.1) is 0 Å². The maximum atomic E-state index is 11.9. The largest absolute Gasteiger partial charge is 0.469 e. The lowest BCUT2D eigenvalue weighted by atomic mass is 10.2. The van der Waals surface area contributed by atoms with E-state index in [2.05, 4.69) is 24.8 Å². The number of carbonyl (C=O) groups excluding carboxylic acids is 1. The van der Waals surface area contributed by atoms with Gasteiger partial charge in [0.1, 0.15) is 18.7 Å². The molecule has 2 aromatic rings. The van der Waals surface area contributed by atoms with Crippen molar-refractivity contribution < 1.29 is 33.5 Å². The zero-order valence-electron chi connectivity index (χ0n) is 14.6. The molecule has 1 amide bonds. The molecule has 0 radical (unpaired) electrons. The summed E-state index contributed by atoms with van der Waals surface area (Å²) in [5.41, 5.74) is 0.748. The molecule has 2 aromatic heterocycles. The van der Waals surface area contributed by atoms with Gasteiger partial charge in [0.2, 0.25) is 5.91 Å². The van der Waals surface area contributed by atoms with Crippen LogP contribution in [0.3, 0.4) is 0 Å². The normalized spacial score (nSPS) is 23.3. The van der Waals surface area contributed by atoms with Crippen LogP contribution in [0.2, 0.25) is 0 Å². The molecule has 27 heavy (non-hydrogen) atoms. The SMILES string of the molecule is CC(C)C(=O)Nc1ncnc2c1ncn2[C@H]1C[C@H](O)[C@@H](COP(=O)(O)O)O1. The topological polar surface area (TPSA) is 169 Å². The minimum absolute atomic E-state index is 0.151. The van der Waals surface area contributed by atoms with Crippen LogP contribution in [0.5, 0.6) is 0 Å². The summed E-state index contributed by atoms with van der Waals surface area (Å²) in [5.74, 6) is -0.190. The second-order valence-electron chi connectivity index (χ2n) is 6.41. The number of hydrogen-bond donors (Lipinski definition) is 4. The third-order valence-electron chi connectivity index (χ3n) is 4.05. The van der Waals surface area contributed by atoms with Crippen molar-refractivity contribution in [2.45, 2.75) is 38.7 Å². The molecule has 0 aliphatic carbocycles. The fourth-order valence-corrected chi connectivity index (χ4v) is 2.96. The molecule has 3 heterocycles. The van der Waals surface area contributed by atoms with Gasteiger partial charge in [0, 0.05) is 12.3 Å². The molecule has 0 bridgehead atoms. The molecule has 13 heteroatoms. The van der Waals surface area contributed by atoms with Gasteiger partial charge < -0.3 is 24.9 Å². The van der Waals surface area contributed by atoms with Crippen molar-refractivity contribution in [1.29, 1.82) is 0 Å². The number of aliphatic hydroxyl groups is 1. The fraction of sp³-hybridized carbons (Fsp3) is 0.571. The number of rotatable bonds is 6. The number of carbonyl (C=O) groups is 1. The van der Waals surface area contributed by atoms with Crippen molar-refractivity contribution in [1.82, 2.24) is 19.5 Å². The summed E-state index contributed by atoms with van der Waals surface area (Å²) in [6, 6.07) is 0. The van der Waals surface area contributed by atoms with Gasteiger partial charge in [0.25, 0.3) is 0 Å². The fourth-order valence-electron chi connectivity index (χ4n) is 2.62. The Balaban J connectivity index is 1.80. The summed E-state index contributed by atoms with van der Waals surface area (Å²) in [4.78, 5) is 41.9. The molecule has 1 fully saturated rings. The lowest BCUT2D eigenvalue weighted by molar-refractivity contribution is -0.118. The minimum Gasteiger partial charge on any atom is -0.390 e. The zero-order chi connectivity index (χ0) is 19.8. The predicted molar refractivity (Wildman–Crippen MR) is 91.3 cm³/mol. The first kappa shape index (κ1) is 19.8. The van der Waals surface area contributed by atoms with E-state index in [1.54, 1.807) is 18.4 Å². The van der Waals surface area contributed by atoms with Crippen LogP contribution in [0.15, 0.2) is 12.7 Å². The van der Waals surface area contributed by atoms with Crippen LogP contribution in [0.1, 0.15) is 26.5 Å². The van der Waals surface area contributed by atoms with Gasteiger partial charge in [0.15, 0.2) is 17.0 Å². The van der Waals surface area contributed by atoms with E-state index < -0.39 is 32.9 Å². The molecule has 3 rings (SSSR count). The quantitative estimate of drug-likeness (QED) is 0.490. The van der Waals surface area contributed by atoms with Crippen molar-refractivity contribution in [3.05, 3.63) is 12.7 Å². The van der Waals surface area contributed by atoms with Gasteiger partial charge in [0.05, 0.1) is 19.0 Å². The highest BCUT2D eigenvalue weighted by Crippen LogP contribution is 2.38. The van der Waals surface area contributed by atoms with Gasteiger partial charge in [-0.25, -0.2) is 19.5 Å². The molecule has 148 valence electrons. The maximum Gasteiger partial charge on any atom is 0.469 e. The molecule has 0 aromatic carbocycles. The summed E-state index contributed by atoms with van der Waals surface area (Å²) in [5, 5.41) is 12.8. The number of ether oxygens (including phenoxy) is 1. The lowest BCUT2D eigenvalue weighted by Crippen LogP contribution is -2.25. The highest BCUT2D eigenvalue weighted by atomic mass is 31.2.